The molecule has 0 radical (unpaired) electrons. The number of hydrogen-bond acceptors (Lipinski definition) is 6. The van der Waals surface area contributed by atoms with Crippen molar-refractivity contribution in [2.75, 3.05) is 31.1 Å². The van der Waals surface area contributed by atoms with E-state index >= 15 is 0 Å². The predicted octanol–water partition coefficient (Wildman–Crippen LogP) is 2.64. The zero-order valence-electron chi connectivity index (χ0n) is 13.4. The normalized spacial score (nSPS) is 15.6. The van der Waals surface area contributed by atoms with Gasteiger partial charge in [-0.15, -0.1) is 0 Å². The van der Waals surface area contributed by atoms with E-state index in [1.165, 1.54) is 12.1 Å². The second kappa shape index (κ2) is 7.47. The summed E-state index contributed by atoms with van der Waals surface area (Å²) in [7, 11) is 0. The molecule has 7 nitrogen and oxygen atoms in total. The highest BCUT2D eigenvalue weighted by molar-refractivity contribution is 5.40. The van der Waals surface area contributed by atoms with Crippen molar-refractivity contribution in [1.82, 2.24) is 14.9 Å². The lowest BCUT2D eigenvalue weighted by molar-refractivity contribution is -0.384. The molecule has 0 bridgehead atoms. The highest BCUT2D eigenvalue weighted by Gasteiger charge is 2.20. The number of rotatable bonds is 5. The zero-order valence-corrected chi connectivity index (χ0v) is 13.4. The van der Waals surface area contributed by atoms with Crippen molar-refractivity contribution in [3.05, 3.63) is 58.0 Å². The molecule has 0 N–H and O–H groups in total. The van der Waals surface area contributed by atoms with Crippen LogP contribution in [-0.2, 0) is 6.54 Å². The van der Waals surface area contributed by atoms with Crippen LogP contribution in [0.2, 0.25) is 0 Å². The summed E-state index contributed by atoms with van der Waals surface area (Å²) >= 11 is 0. The smallest absolute Gasteiger partial charge is 0.280 e. The first-order valence-electron chi connectivity index (χ1n) is 7.83. The molecule has 1 aliphatic heterocycles. The summed E-state index contributed by atoms with van der Waals surface area (Å²) in [5.74, 6) is 0.500. The van der Waals surface area contributed by atoms with E-state index in [0.29, 0.717) is 25.5 Å². The van der Waals surface area contributed by atoms with Crippen molar-refractivity contribution < 1.29 is 13.7 Å². The van der Waals surface area contributed by atoms with Gasteiger partial charge in [0.1, 0.15) is 17.8 Å². The number of nitro groups is 1. The Morgan fingerprint density at radius 3 is 2.60 bits per heavy atom. The van der Waals surface area contributed by atoms with E-state index in [9.17, 15) is 18.9 Å². The Morgan fingerprint density at radius 1 is 1.16 bits per heavy atom. The lowest BCUT2D eigenvalue weighted by Crippen LogP contribution is -2.46. The molecule has 0 atom stereocenters. The first-order chi connectivity index (χ1) is 12.0. The number of non-ortho nitro benzene ring substituents is 1. The molecule has 0 saturated carbocycles. The predicted molar refractivity (Wildman–Crippen MR) is 87.6 cm³/mol. The van der Waals surface area contributed by atoms with Crippen LogP contribution in [0.15, 0.2) is 36.7 Å². The molecule has 0 unspecified atom stereocenters. The second-order valence-corrected chi connectivity index (χ2v) is 5.79. The fourth-order valence-corrected chi connectivity index (χ4v) is 2.82. The third-order valence-electron chi connectivity index (χ3n) is 4.12. The van der Waals surface area contributed by atoms with Gasteiger partial charge in [-0.05, 0) is 5.56 Å². The summed E-state index contributed by atoms with van der Waals surface area (Å²) in [5, 5.41) is 10.8. The third-order valence-corrected chi connectivity index (χ3v) is 4.12. The number of hydrogen-bond donors (Lipinski definition) is 0. The molecule has 9 heteroatoms. The molecular weight excluding hydrogens is 332 g/mol. The quantitative estimate of drug-likeness (QED) is 0.610. The number of alkyl halides is 2. The molecule has 2 aromatic rings. The van der Waals surface area contributed by atoms with Crippen molar-refractivity contribution in [2.45, 2.75) is 13.0 Å². The van der Waals surface area contributed by atoms with Crippen LogP contribution in [0.3, 0.4) is 0 Å². The SMILES string of the molecule is O=[N+]([O-])c1cccc(CN2CCN(c3cc(C(F)F)ncn3)CC2)c1. The molecule has 0 amide bonds. The van der Waals surface area contributed by atoms with Crippen LogP contribution in [0.25, 0.3) is 0 Å². The average Bonchev–Trinajstić information content (AvgIpc) is 2.62. The van der Waals surface area contributed by atoms with Crippen LogP contribution in [0.5, 0.6) is 0 Å². The van der Waals surface area contributed by atoms with Gasteiger partial charge in [0.25, 0.3) is 12.1 Å². The van der Waals surface area contributed by atoms with Crippen LogP contribution in [0, 0.1) is 10.1 Å². The second-order valence-electron chi connectivity index (χ2n) is 5.79. The average molecular weight is 349 g/mol. The van der Waals surface area contributed by atoms with Crippen molar-refractivity contribution in [2.24, 2.45) is 0 Å². The third kappa shape index (κ3) is 4.24. The number of nitrogens with zero attached hydrogens (tertiary/aromatic N) is 5. The van der Waals surface area contributed by atoms with Crippen molar-refractivity contribution in [1.29, 1.82) is 0 Å². The summed E-state index contributed by atoms with van der Waals surface area (Å²) in [6.07, 6.45) is -1.45. The summed E-state index contributed by atoms with van der Waals surface area (Å²) in [6.45, 7) is 3.35. The molecule has 0 aliphatic carbocycles. The van der Waals surface area contributed by atoms with Crippen LogP contribution in [0.1, 0.15) is 17.7 Å². The van der Waals surface area contributed by atoms with Gasteiger partial charge in [-0.3, -0.25) is 15.0 Å². The van der Waals surface area contributed by atoms with Gasteiger partial charge < -0.3 is 4.90 Å². The fraction of sp³-hybridized carbons (Fsp3) is 0.375. The number of nitro benzene ring substituents is 1. The van der Waals surface area contributed by atoms with Gasteiger partial charge in [-0.2, -0.15) is 0 Å². The van der Waals surface area contributed by atoms with Crippen LogP contribution >= 0.6 is 0 Å². The summed E-state index contributed by atoms with van der Waals surface area (Å²) < 4.78 is 25.5. The van der Waals surface area contributed by atoms with E-state index in [1.807, 2.05) is 11.0 Å². The molecule has 1 saturated heterocycles. The number of halogens is 2. The van der Waals surface area contributed by atoms with E-state index < -0.39 is 11.3 Å². The number of aromatic nitrogens is 2. The molecule has 2 heterocycles. The lowest BCUT2D eigenvalue weighted by Gasteiger charge is -2.35. The molecule has 25 heavy (non-hydrogen) atoms. The standard InChI is InChI=1S/C16H17F2N5O2/c17-16(18)14-9-15(20-11-19-14)22-6-4-21(5-7-22)10-12-2-1-3-13(8-12)23(24)25/h1-3,8-9,11,16H,4-7,10H2. The van der Waals surface area contributed by atoms with Gasteiger partial charge in [0.2, 0.25) is 0 Å². The van der Waals surface area contributed by atoms with E-state index in [2.05, 4.69) is 14.9 Å². The highest BCUT2D eigenvalue weighted by Crippen LogP contribution is 2.21. The Bertz CT molecular complexity index is 751. The molecule has 1 aromatic heterocycles. The Hall–Kier alpha value is -2.68. The van der Waals surface area contributed by atoms with Crippen molar-refractivity contribution >= 4 is 11.5 Å². The molecule has 1 aromatic carbocycles. The van der Waals surface area contributed by atoms with E-state index in [1.54, 1.807) is 12.1 Å². The minimum absolute atomic E-state index is 0.0802. The number of anilines is 1. The first kappa shape index (κ1) is 17.2. The fourth-order valence-electron chi connectivity index (χ4n) is 2.82. The van der Waals surface area contributed by atoms with Gasteiger partial charge in [0.15, 0.2) is 0 Å². The van der Waals surface area contributed by atoms with Gasteiger partial charge in [-0.1, -0.05) is 12.1 Å². The zero-order chi connectivity index (χ0) is 17.8. The lowest BCUT2D eigenvalue weighted by atomic mass is 10.1. The number of benzene rings is 1. The van der Waals surface area contributed by atoms with Crippen LogP contribution in [0.4, 0.5) is 20.3 Å². The minimum Gasteiger partial charge on any atom is -0.354 e. The summed E-state index contributed by atoms with van der Waals surface area (Å²) in [5.41, 5.74) is 0.686. The maximum atomic E-state index is 12.7. The van der Waals surface area contributed by atoms with Crippen molar-refractivity contribution in [3.8, 4) is 0 Å². The summed E-state index contributed by atoms with van der Waals surface area (Å²) in [6, 6.07) is 7.90. The Labute approximate surface area is 143 Å². The Morgan fingerprint density at radius 2 is 1.92 bits per heavy atom. The van der Waals surface area contributed by atoms with Crippen LogP contribution in [-0.4, -0.2) is 46.0 Å². The molecule has 1 aliphatic rings. The van der Waals surface area contributed by atoms with Gasteiger partial charge >= 0.3 is 0 Å². The molecule has 132 valence electrons. The van der Waals surface area contributed by atoms with E-state index in [4.69, 9.17) is 0 Å². The molecule has 0 spiro atoms. The topological polar surface area (TPSA) is 75.4 Å². The maximum Gasteiger partial charge on any atom is 0.280 e. The monoisotopic (exact) mass is 349 g/mol. The summed E-state index contributed by atoms with van der Waals surface area (Å²) in [4.78, 5) is 22.2. The Balaban J connectivity index is 1.59. The van der Waals surface area contributed by atoms with Crippen molar-refractivity contribution in [3.63, 3.8) is 0 Å². The van der Waals surface area contributed by atoms with E-state index in [-0.39, 0.29) is 11.4 Å². The number of piperazine rings is 1. The largest absolute Gasteiger partial charge is 0.354 e. The first-order valence-corrected chi connectivity index (χ1v) is 7.83. The van der Waals surface area contributed by atoms with Crippen LogP contribution < -0.4 is 4.90 Å². The van der Waals surface area contributed by atoms with E-state index in [0.717, 1.165) is 25.0 Å². The molecular formula is C16H17F2N5O2. The molecule has 1 fully saturated rings. The molecule has 3 rings (SSSR count). The van der Waals surface area contributed by atoms with Gasteiger partial charge in [-0.25, -0.2) is 18.7 Å². The van der Waals surface area contributed by atoms with Gasteiger partial charge in [0.05, 0.1) is 4.92 Å². The Kier molecular flexibility index (Phi) is 5.13. The minimum atomic E-state index is -2.61. The maximum absolute atomic E-state index is 12.7. The highest BCUT2D eigenvalue weighted by atomic mass is 19.3. The van der Waals surface area contributed by atoms with Gasteiger partial charge in [0, 0.05) is 50.9 Å².